The lowest BCUT2D eigenvalue weighted by atomic mass is 10.1. The number of nitrogens with zero attached hydrogens (tertiary/aromatic N) is 1. The van der Waals surface area contributed by atoms with E-state index in [4.69, 9.17) is 16.7 Å². The van der Waals surface area contributed by atoms with Gasteiger partial charge in [0.2, 0.25) is 0 Å². The second-order valence-corrected chi connectivity index (χ2v) is 7.50. The summed E-state index contributed by atoms with van der Waals surface area (Å²) in [5.74, 6) is -1.05. The maximum atomic E-state index is 13.1. The average Bonchev–Trinajstić information content (AvgIpc) is 2.55. The molecule has 1 atom stereocenters. The normalized spacial score (nSPS) is 12.6. The zero-order chi connectivity index (χ0) is 17.7. The van der Waals surface area contributed by atoms with E-state index in [1.54, 1.807) is 37.3 Å². The number of hydrogen-bond acceptors (Lipinski definition) is 3. The Morgan fingerprint density at radius 1 is 1.12 bits per heavy atom. The monoisotopic (exact) mass is 367 g/mol. The highest BCUT2D eigenvalue weighted by Gasteiger charge is 2.32. The topological polar surface area (TPSA) is 74.7 Å². The Hall–Kier alpha value is -2.05. The van der Waals surface area contributed by atoms with Gasteiger partial charge in [0.25, 0.3) is 10.0 Å². The van der Waals surface area contributed by atoms with Crippen LogP contribution >= 0.6 is 11.6 Å². The lowest BCUT2D eigenvalue weighted by molar-refractivity contribution is -0.137. The Balaban J connectivity index is 2.56. The highest BCUT2D eigenvalue weighted by atomic mass is 35.5. The first-order chi connectivity index (χ1) is 11.4. The minimum atomic E-state index is -3.92. The average molecular weight is 368 g/mol. The molecule has 0 aliphatic rings. The summed E-state index contributed by atoms with van der Waals surface area (Å²) < 4.78 is 27.4. The van der Waals surface area contributed by atoms with Crippen molar-refractivity contribution < 1.29 is 18.3 Å². The molecule has 0 saturated heterocycles. The van der Waals surface area contributed by atoms with Gasteiger partial charge in [-0.25, -0.2) is 8.42 Å². The van der Waals surface area contributed by atoms with Crippen LogP contribution in [-0.2, 0) is 14.8 Å². The maximum Gasteiger partial charge on any atom is 0.305 e. The number of hydrogen-bond donors (Lipinski definition) is 1. The molecule has 2 aromatic carbocycles. The van der Waals surface area contributed by atoms with Crippen LogP contribution in [0.4, 0.5) is 5.69 Å². The zero-order valence-electron chi connectivity index (χ0n) is 13.1. The number of rotatable bonds is 7. The number of benzene rings is 2. The van der Waals surface area contributed by atoms with E-state index in [0.29, 0.717) is 17.1 Å². The number of carboxylic acids is 1. The Bertz CT molecular complexity index is 791. The van der Waals surface area contributed by atoms with E-state index in [2.05, 4.69) is 0 Å². The van der Waals surface area contributed by atoms with Crippen LogP contribution in [0.5, 0.6) is 0 Å². The lowest BCUT2D eigenvalue weighted by Gasteiger charge is -2.31. The fourth-order valence-corrected chi connectivity index (χ4v) is 4.28. The molecule has 0 aliphatic carbocycles. The fourth-order valence-electron chi connectivity index (χ4n) is 2.44. The molecule has 24 heavy (non-hydrogen) atoms. The second-order valence-electron chi connectivity index (χ2n) is 5.25. The molecule has 0 bridgehead atoms. The van der Waals surface area contributed by atoms with Gasteiger partial charge < -0.3 is 5.11 Å². The van der Waals surface area contributed by atoms with Crippen LogP contribution in [0, 0.1) is 0 Å². The molecule has 5 nitrogen and oxygen atoms in total. The van der Waals surface area contributed by atoms with Crippen molar-refractivity contribution >= 4 is 33.3 Å². The van der Waals surface area contributed by atoms with Crippen molar-refractivity contribution in [3.63, 3.8) is 0 Å². The molecule has 0 heterocycles. The molecule has 2 aromatic rings. The van der Waals surface area contributed by atoms with Crippen molar-refractivity contribution in [2.45, 2.75) is 30.7 Å². The van der Waals surface area contributed by atoms with Crippen molar-refractivity contribution in [3.05, 3.63) is 59.6 Å². The minimum Gasteiger partial charge on any atom is -0.481 e. The number of anilines is 1. The predicted molar refractivity (Wildman–Crippen MR) is 93.9 cm³/mol. The minimum absolute atomic E-state index is 0.0691. The molecule has 128 valence electrons. The third-order valence-corrected chi connectivity index (χ3v) is 5.74. The van der Waals surface area contributed by atoms with E-state index in [1.165, 1.54) is 28.6 Å². The van der Waals surface area contributed by atoms with E-state index in [0.717, 1.165) is 0 Å². The Labute approximate surface area is 146 Å². The molecule has 0 aliphatic heterocycles. The summed E-state index contributed by atoms with van der Waals surface area (Å²) in [7, 11) is -3.92. The quantitative estimate of drug-likeness (QED) is 0.807. The number of carboxylic acid groups (broad SMARTS) is 1. The van der Waals surface area contributed by atoms with Gasteiger partial charge >= 0.3 is 5.97 Å². The van der Waals surface area contributed by atoms with Gasteiger partial charge in [0.05, 0.1) is 23.0 Å². The molecule has 0 saturated carbocycles. The number of halogens is 1. The van der Waals surface area contributed by atoms with E-state index in [-0.39, 0.29) is 11.3 Å². The third kappa shape index (κ3) is 4.07. The molecule has 0 fully saturated rings. The molecule has 0 radical (unpaired) electrons. The molecule has 7 heteroatoms. The van der Waals surface area contributed by atoms with Crippen molar-refractivity contribution in [1.82, 2.24) is 0 Å². The van der Waals surface area contributed by atoms with Gasteiger partial charge in [0, 0.05) is 5.02 Å². The van der Waals surface area contributed by atoms with Crippen LogP contribution < -0.4 is 4.31 Å². The molecule has 1 unspecified atom stereocenters. The van der Waals surface area contributed by atoms with E-state index < -0.39 is 22.0 Å². The first-order valence-corrected chi connectivity index (χ1v) is 9.25. The third-order valence-electron chi connectivity index (χ3n) is 3.59. The largest absolute Gasteiger partial charge is 0.481 e. The highest BCUT2D eigenvalue weighted by Crippen LogP contribution is 2.29. The summed E-state index contributed by atoms with van der Waals surface area (Å²) in [6.45, 7) is 1.76. The second kappa shape index (κ2) is 7.68. The first kappa shape index (κ1) is 18.3. The van der Waals surface area contributed by atoms with Gasteiger partial charge in [-0.2, -0.15) is 0 Å². The maximum absolute atomic E-state index is 13.1. The first-order valence-electron chi connectivity index (χ1n) is 7.43. The molecule has 0 spiro atoms. The molecule has 1 N–H and O–H groups in total. The Morgan fingerprint density at radius 3 is 2.21 bits per heavy atom. The number of aliphatic carboxylic acids is 1. The molecular weight excluding hydrogens is 350 g/mol. The van der Waals surface area contributed by atoms with Crippen molar-refractivity contribution in [2.75, 3.05) is 4.31 Å². The standard InChI is InChI=1S/C17H18ClNO4S/c1-2-14(12-17(20)21)19(15-6-4-3-5-7-15)24(22,23)16-10-8-13(18)9-11-16/h3-11,14H,2,12H2,1H3,(H,20,21). The van der Waals surface area contributed by atoms with Crippen LogP contribution in [0.15, 0.2) is 59.5 Å². The highest BCUT2D eigenvalue weighted by molar-refractivity contribution is 7.92. The lowest BCUT2D eigenvalue weighted by Crippen LogP contribution is -2.41. The summed E-state index contributed by atoms with van der Waals surface area (Å²) in [6, 6.07) is 13.6. The fraction of sp³-hybridized carbons (Fsp3) is 0.235. The van der Waals surface area contributed by atoms with Crippen LogP contribution in [0.1, 0.15) is 19.8 Å². The van der Waals surface area contributed by atoms with Gasteiger partial charge in [0.15, 0.2) is 0 Å². The number of carbonyl (C=O) groups is 1. The van der Waals surface area contributed by atoms with Gasteiger partial charge in [-0.3, -0.25) is 9.10 Å². The Morgan fingerprint density at radius 2 is 1.71 bits per heavy atom. The van der Waals surface area contributed by atoms with E-state index in [9.17, 15) is 13.2 Å². The van der Waals surface area contributed by atoms with E-state index in [1.807, 2.05) is 0 Å². The Kier molecular flexibility index (Phi) is 5.85. The molecule has 0 amide bonds. The van der Waals surface area contributed by atoms with Crippen LogP contribution in [-0.4, -0.2) is 25.5 Å². The molecule has 2 rings (SSSR count). The number of para-hydroxylation sites is 1. The van der Waals surface area contributed by atoms with Crippen LogP contribution in [0.25, 0.3) is 0 Å². The summed E-state index contributed by atoms with van der Waals surface area (Å²) in [5, 5.41) is 9.57. The molecule has 0 aromatic heterocycles. The van der Waals surface area contributed by atoms with Crippen molar-refractivity contribution in [3.8, 4) is 0 Å². The zero-order valence-corrected chi connectivity index (χ0v) is 14.7. The summed E-state index contributed by atoms with van der Waals surface area (Å²) >= 11 is 5.83. The van der Waals surface area contributed by atoms with Gasteiger partial charge in [-0.15, -0.1) is 0 Å². The van der Waals surface area contributed by atoms with E-state index >= 15 is 0 Å². The smallest absolute Gasteiger partial charge is 0.305 e. The SMILES string of the molecule is CCC(CC(=O)O)N(c1ccccc1)S(=O)(=O)c1ccc(Cl)cc1. The predicted octanol–water partition coefficient (Wildman–Crippen LogP) is 3.79. The van der Waals surface area contributed by atoms with Crippen LogP contribution in [0.3, 0.4) is 0 Å². The summed E-state index contributed by atoms with van der Waals surface area (Å²) in [5.41, 5.74) is 0.431. The number of sulfonamides is 1. The van der Waals surface area contributed by atoms with Crippen molar-refractivity contribution in [2.24, 2.45) is 0 Å². The molecular formula is C17H18ClNO4S. The van der Waals surface area contributed by atoms with Gasteiger partial charge in [0.1, 0.15) is 0 Å². The summed E-state index contributed by atoms with van der Waals surface area (Å²) in [4.78, 5) is 11.2. The summed E-state index contributed by atoms with van der Waals surface area (Å²) in [6.07, 6.45) is 0.0895. The van der Waals surface area contributed by atoms with Crippen LogP contribution in [0.2, 0.25) is 5.02 Å². The van der Waals surface area contributed by atoms with Gasteiger partial charge in [-0.1, -0.05) is 36.7 Å². The van der Waals surface area contributed by atoms with Crippen molar-refractivity contribution in [1.29, 1.82) is 0 Å². The van der Waals surface area contributed by atoms with Gasteiger partial charge in [-0.05, 0) is 42.8 Å².